The van der Waals surface area contributed by atoms with Crippen LogP contribution < -0.4 is 0 Å². The normalized spacial score (nSPS) is 15.0. The summed E-state index contributed by atoms with van der Waals surface area (Å²) in [6, 6.07) is 0. The van der Waals surface area contributed by atoms with E-state index in [1.807, 2.05) is 6.92 Å². The topological polar surface area (TPSA) is 20.2 Å². The summed E-state index contributed by atoms with van der Waals surface area (Å²) in [4.78, 5) is 0. The highest BCUT2D eigenvalue weighted by atomic mass is 16.3. The molecule has 0 amide bonds. The number of hydrogen-bond donors (Lipinski definition) is 1. The molecule has 0 aliphatic heterocycles. The third-order valence-electron chi connectivity index (χ3n) is 2.91. The van der Waals surface area contributed by atoms with Crippen molar-refractivity contribution in [3.8, 4) is 0 Å². The molecule has 0 saturated heterocycles. The zero-order valence-corrected chi connectivity index (χ0v) is 13.0. The van der Waals surface area contributed by atoms with Crippen LogP contribution in [0, 0.1) is 17.8 Å². The van der Waals surface area contributed by atoms with Crippen molar-refractivity contribution in [2.75, 3.05) is 26.2 Å². The van der Waals surface area contributed by atoms with E-state index in [1.54, 1.807) is 0 Å². The van der Waals surface area contributed by atoms with Gasteiger partial charge in [0.05, 0.1) is 19.6 Å². The number of aliphatic hydroxyl groups excluding tert-OH is 1. The molecule has 0 radical (unpaired) electrons. The minimum atomic E-state index is -0.203. The van der Waals surface area contributed by atoms with Crippen LogP contribution in [-0.4, -0.2) is 41.9 Å². The first-order chi connectivity index (χ1) is 7.67. The van der Waals surface area contributed by atoms with Gasteiger partial charge in [-0.15, -0.1) is 0 Å². The number of nitrogens with zero attached hydrogens (tertiary/aromatic N) is 1. The van der Waals surface area contributed by atoms with Gasteiger partial charge in [0.2, 0.25) is 0 Å². The Labute approximate surface area is 109 Å². The molecular weight excluding hydrogens is 210 g/mol. The molecule has 0 aromatic heterocycles. The maximum Gasteiger partial charge on any atom is 0.105 e. The molecule has 0 aromatic carbocycles. The first-order valence-corrected chi connectivity index (χ1v) is 7.20. The van der Waals surface area contributed by atoms with Crippen LogP contribution >= 0.6 is 0 Å². The number of hydrogen-bond acceptors (Lipinski definition) is 1. The van der Waals surface area contributed by atoms with Crippen molar-refractivity contribution in [3.63, 3.8) is 0 Å². The highest BCUT2D eigenvalue weighted by Gasteiger charge is 2.31. The predicted octanol–water partition coefficient (Wildman–Crippen LogP) is 3.15. The molecule has 1 N–H and O–H groups in total. The summed E-state index contributed by atoms with van der Waals surface area (Å²) in [5, 5.41) is 9.81. The summed E-state index contributed by atoms with van der Waals surface area (Å²) in [6.07, 6.45) is -0.203. The van der Waals surface area contributed by atoms with Crippen LogP contribution in [0.3, 0.4) is 0 Å². The molecule has 0 aliphatic carbocycles. The summed E-state index contributed by atoms with van der Waals surface area (Å²) in [5.74, 6) is 2.06. The van der Waals surface area contributed by atoms with Crippen molar-refractivity contribution < 1.29 is 9.59 Å². The molecule has 0 aliphatic rings. The molecule has 0 spiro atoms. The van der Waals surface area contributed by atoms with E-state index < -0.39 is 0 Å². The number of quaternary nitrogens is 1. The van der Waals surface area contributed by atoms with Crippen molar-refractivity contribution in [1.29, 1.82) is 0 Å². The fourth-order valence-electron chi connectivity index (χ4n) is 3.33. The van der Waals surface area contributed by atoms with Crippen LogP contribution in [0.2, 0.25) is 0 Å². The summed E-state index contributed by atoms with van der Waals surface area (Å²) in [6.45, 7) is 20.1. The van der Waals surface area contributed by atoms with Gasteiger partial charge < -0.3 is 9.59 Å². The number of aliphatic hydroxyl groups is 1. The lowest BCUT2D eigenvalue weighted by Gasteiger charge is -2.43. The molecule has 2 heteroatoms. The average Bonchev–Trinajstić information content (AvgIpc) is 1.95. The van der Waals surface area contributed by atoms with E-state index >= 15 is 0 Å². The van der Waals surface area contributed by atoms with Crippen LogP contribution in [0.15, 0.2) is 0 Å². The van der Waals surface area contributed by atoms with Gasteiger partial charge in [0, 0.05) is 17.8 Å². The second kappa shape index (κ2) is 7.38. The van der Waals surface area contributed by atoms with Crippen molar-refractivity contribution in [3.05, 3.63) is 0 Å². The van der Waals surface area contributed by atoms with E-state index in [-0.39, 0.29) is 6.10 Å². The SMILES string of the molecule is CC(C)C[N+](CC(C)C)(CC(C)C)CC(C)O. The zero-order chi connectivity index (χ0) is 13.6. The Morgan fingerprint density at radius 2 is 0.941 bits per heavy atom. The highest BCUT2D eigenvalue weighted by Crippen LogP contribution is 2.19. The van der Waals surface area contributed by atoms with Gasteiger partial charge in [0.1, 0.15) is 12.6 Å². The van der Waals surface area contributed by atoms with E-state index in [2.05, 4.69) is 41.5 Å². The van der Waals surface area contributed by atoms with E-state index in [9.17, 15) is 5.11 Å². The first-order valence-electron chi connectivity index (χ1n) is 7.20. The Hall–Kier alpha value is -0.0800. The van der Waals surface area contributed by atoms with Crippen molar-refractivity contribution in [1.82, 2.24) is 0 Å². The van der Waals surface area contributed by atoms with Gasteiger partial charge in [-0.1, -0.05) is 41.5 Å². The van der Waals surface area contributed by atoms with Crippen LogP contribution in [0.5, 0.6) is 0 Å². The van der Waals surface area contributed by atoms with E-state index in [0.717, 1.165) is 11.0 Å². The average molecular weight is 244 g/mol. The van der Waals surface area contributed by atoms with Crippen molar-refractivity contribution >= 4 is 0 Å². The van der Waals surface area contributed by atoms with E-state index in [1.165, 1.54) is 19.6 Å². The van der Waals surface area contributed by atoms with Gasteiger partial charge in [-0.05, 0) is 6.92 Å². The quantitative estimate of drug-likeness (QED) is 0.650. The zero-order valence-electron chi connectivity index (χ0n) is 13.0. The second-order valence-electron chi connectivity index (χ2n) is 7.10. The minimum absolute atomic E-state index is 0.203. The van der Waals surface area contributed by atoms with Crippen molar-refractivity contribution in [2.24, 2.45) is 17.8 Å². The number of rotatable bonds is 8. The fraction of sp³-hybridized carbons (Fsp3) is 1.00. The lowest BCUT2D eigenvalue weighted by molar-refractivity contribution is -0.938. The Morgan fingerprint density at radius 3 is 1.12 bits per heavy atom. The first kappa shape index (κ1) is 16.9. The fourth-order valence-corrected chi connectivity index (χ4v) is 3.33. The minimum Gasteiger partial charge on any atom is -0.388 e. The Kier molecular flexibility index (Phi) is 7.34. The molecule has 104 valence electrons. The second-order valence-corrected chi connectivity index (χ2v) is 7.10. The van der Waals surface area contributed by atoms with Crippen LogP contribution in [0.1, 0.15) is 48.5 Å². The standard InChI is InChI=1S/C15H34NO/c1-12(2)8-16(9-13(3)4,10-14(5)6)11-15(7)17/h12-15,17H,8-11H2,1-7H3/q+1. The third kappa shape index (κ3) is 7.77. The summed E-state index contributed by atoms with van der Waals surface area (Å²) < 4.78 is 1.07. The van der Waals surface area contributed by atoms with E-state index in [4.69, 9.17) is 0 Å². The molecule has 0 fully saturated rings. The maximum atomic E-state index is 9.81. The molecular formula is C15H34NO+. The van der Waals surface area contributed by atoms with E-state index in [0.29, 0.717) is 17.8 Å². The molecule has 0 heterocycles. The maximum absolute atomic E-state index is 9.81. The molecule has 0 aromatic rings. The Balaban J connectivity index is 4.89. The molecule has 0 bridgehead atoms. The smallest absolute Gasteiger partial charge is 0.105 e. The largest absolute Gasteiger partial charge is 0.388 e. The highest BCUT2D eigenvalue weighted by molar-refractivity contribution is 4.57. The molecule has 0 rings (SSSR count). The molecule has 1 atom stereocenters. The monoisotopic (exact) mass is 244 g/mol. The summed E-state index contributed by atoms with van der Waals surface area (Å²) in [5.41, 5.74) is 0. The lowest BCUT2D eigenvalue weighted by atomic mass is 10.0. The van der Waals surface area contributed by atoms with Crippen LogP contribution in [-0.2, 0) is 0 Å². The summed E-state index contributed by atoms with van der Waals surface area (Å²) >= 11 is 0. The van der Waals surface area contributed by atoms with Crippen LogP contribution in [0.25, 0.3) is 0 Å². The molecule has 17 heavy (non-hydrogen) atoms. The lowest BCUT2D eigenvalue weighted by Crippen LogP contribution is -2.57. The molecule has 2 nitrogen and oxygen atoms in total. The van der Waals surface area contributed by atoms with Gasteiger partial charge >= 0.3 is 0 Å². The Morgan fingerprint density at radius 1 is 0.647 bits per heavy atom. The van der Waals surface area contributed by atoms with Gasteiger partial charge in [-0.25, -0.2) is 0 Å². The van der Waals surface area contributed by atoms with Gasteiger partial charge in [0.15, 0.2) is 0 Å². The predicted molar refractivity (Wildman–Crippen MR) is 75.9 cm³/mol. The molecule has 0 saturated carbocycles. The van der Waals surface area contributed by atoms with Gasteiger partial charge in [-0.3, -0.25) is 0 Å². The van der Waals surface area contributed by atoms with Gasteiger partial charge in [-0.2, -0.15) is 0 Å². The Bertz CT molecular complexity index is 152. The third-order valence-corrected chi connectivity index (χ3v) is 2.91. The molecule has 1 unspecified atom stereocenters. The summed E-state index contributed by atoms with van der Waals surface area (Å²) in [7, 11) is 0. The van der Waals surface area contributed by atoms with Crippen LogP contribution in [0.4, 0.5) is 0 Å². The van der Waals surface area contributed by atoms with Crippen molar-refractivity contribution in [2.45, 2.75) is 54.6 Å². The van der Waals surface area contributed by atoms with Gasteiger partial charge in [0.25, 0.3) is 0 Å².